The van der Waals surface area contributed by atoms with Crippen LogP contribution in [0.5, 0.6) is 0 Å². The maximum Gasteiger partial charge on any atom is 0.309 e. The number of carbonyl (C=O) groups is 1. The first kappa shape index (κ1) is 61.4. The van der Waals surface area contributed by atoms with E-state index < -0.39 is 133 Å². The number of hydrogen-bond donors (Lipinski definition) is 5. The van der Waals surface area contributed by atoms with Crippen molar-refractivity contribution in [1.29, 1.82) is 0 Å². The van der Waals surface area contributed by atoms with E-state index in [9.17, 15) is 39.1 Å². The first-order valence-corrected chi connectivity index (χ1v) is 27.2. The third kappa shape index (κ3) is 14.4. The van der Waals surface area contributed by atoms with Crippen molar-refractivity contribution in [3.8, 4) is 0 Å². The van der Waals surface area contributed by atoms with Crippen LogP contribution in [0.4, 0.5) is 8.78 Å². The van der Waals surface area contributed by atoms with Crippen molar-refractivity contribution in [1.82, 2.24) is 24.8 Å². The maximum atomic E-state index is 14.8. The molecule has 1 aromatic carbocycles. The Hall–Kier alpha value is -2.44. The Morgan fingerprint density at radius 2 is 1.66 bits per heavy atom. The standard InChI is InChI=1S/C53H89F2N5O12S/c1-15-42-53(10,66)46(62)34(6)59(12)28-30(2)25-51(8,65)48(32(4)43(33(5)49(64)71-42)41-26-52(9,68-14)47(63)35(7)70-41)72-50-44(61)39(24-31(3)69-50)58(11)22-20-37-29-60(57-56-37)40(27-55)45(67-13)36-16-18-38(19-17-36)73-23-21-54/h16-19,29-35,39-48,50,61-63,65-66H,15,20-28H2,1-14H3/t30-,31-,32+,33-,34-,35+,39+,40-,41?,42-,43+,44-,45-,46-,47+,48-,50+,51-,52-,53-/m1/s1. The minimum Gasteiger partial charge on any atom is -0.459 e. The Bertz CT molecular complexity index is 2010. The van der Waals surface area contributed by atoms with E-state index in [0.717, 1.165) is 10.5 Å². The Balaban J connectivity index is 1.44. The molecule has 20 atom stereocenters. The molecule has 0 amide bonds. The van der Waals surface area contributed by atoms with Gasteiger partial charge in [0.15, 0.2) is 6.29 Å². The van der Waals surface area contributed by atoms with Crippen LogP contribution in [0.25, 0.3) is 0 Å². The lowest BCUT2D eigenvalue weighted by atomic mass is 9.68. The number of benzene rings is 1. The number of alkyl halides is 2. The SMILES string of the molecule is CC[C@H]1OC(=O)[C@H](C)[C@@H](C2C[C@@](C)(OC)[C@@H](O)[C@H](C)O2)[C@H](C)[C@@H](O[C@@H]2O[C@H](C)C[C@H](N(C)CCc3cn([C@H](CF)[C@H](OC)c4ccc(SCCF)cc4)nn3)[C@H]2O)[C@](C)(O)C[C@@H](C)CN(C)[C@H](C)[C@@H](O)[C@]1(C)O. The number of cyclic esters (lactones) is 1. The molecule has 1 unspecified atom stereocenters. The third-order valence-electron chi connectivity index (χ3n) is 16.4. The van der Waals surface area contributed by atoms with Crippen molar-refractivity contribution in [3.63, 3.8) is 0 Å². The molecule has 4 heterocycles. The highest BCUT2D eigenvalue weighted by molar-refractivity contribution is 7.99. The lowest BCUT2D eigenvalue weighted by Gasteiger charge is -2.51. The van der Waals surface area contributed by atoms with Gasteiger partial charge in [-0.2, -0.15) is 0 Å². The van der Waals surface area contributed by atoms with Crippen LogP contribution in [0.1, 0.15) is 118 Å². The van der Waals surface area contributed by atoms with Gasteiger partial charge in [0.1, 0.15) is 48.8 Å². The summed E-state index contributed by atoms with van der Waals surface area (Å²) >= 11 is 1.40. The van der Waals surface area contributed by atoms with Crippen molar-refractivity contribution < 1.29 is 67.5 Å². The van der Waals surface area contributed by atoms with E-state index in [1.165, 1.54) is 37.6 Å². The summed E-state index contributed by atoms with van der Waals surface area (Å²) in [4.78, 5) is 19.5. The molecule has 0 saturated carbocycles. The minimum atomic E-state index is -1.83. The van der Waals surface area contributed by atoms with Gasteiger partial charge < -0.3 is 63.8 Å². The number of likely N-dealkylation sites (N-methyl/N-ethyl adjacent to an activating group) is 2. The molecule has 0 aliphatic carbocycles. The Morgan fingerprint density at radius 3 is 2.26 bits per heavy atom. The second-order valence-corrected chi connectivity index (χ2v) is 23.4. The topological polar surface area (TPSA) is 211 Å². The van der Waals surface area contributed by atoms with Crippen LogP contribution in [-0.2, 0) is 39.6 Å². The zero-order valence-electron chi connectivity index (χ0n) is 45.8. The van der Waals surface area contributed by atoms with E-state index in [4.69, 9.17) is 28.4 Å². The fourth-order valence-electron chi connectivity index (χ4n) is 12.0. The highest BCUT2D eigenvalue weighted by Crippen LogP contribution is 2.45. The van der Waals surface area contributed by atoms with E-state index in [0.29, 0.717) is 37.4 Å². The second kappa shape index (κ2) is 26.3. The smallest absolute Gasteiger partial charge is 0.309 e. The summed E-state index contributed by atoms with van der Waals surface area (Å²) in [7, 11) is 6.76. The number of thioether (sulfide) groups is 1. The van der Waals surface area contributed by atoms with Crippen LogP contribution in [0.15, 0.2) is 35.4 Å². The predicted octanol–water partition coefficient (Wildman–Crippen LogP) is 5.34. The first-order chi connectivity index (χ1) is 34.3. The van der Waals surface area contributed by atoms with E-state index >= 15 is 0 Å². The normalized spacial score (nSPS) is 39.6. The summed E-state index contributed by atoms with van der Waals surface area (Å²) in [6.45, 7) is 17.4. The average molecular weight is 1060 g/mol. The third-order valence-corrected chi connectivity index (χ3v) is 17.4. The molecule has 5 N–H and O–H groups in total. The second-order valence-electron chi connectivity index (χ2n) is 22.2. The molecule has 3 aliphatic heterocycles. The largest absolute Gasteiger partial charge is 0.459 e. The summed E-state index contributed by atoms with van der Waals surface area (Å²) < 4.78 is 67.0. The molecule has 0 spiro atoms. The van der Waals surface area contributed by atoms with Crippen LogP contribution < -0.4 is 0 Å². The van der Waals surface area contributed by atoms with E-state index in [-0.39, 0.29) is 25.2 Å². The number of esters is 1. The van der Waals surface area contributed by atoms with Crippen LogP contribution in [0.3, 0.4) is 0 Å². The van der Waals surface area contributed by atoms with Gasteiger partial charge in [0.05, 0.1) is 53.9 Å². The van der Waals surface area contributed by atoms with Crippen molar-refractivity contribution in [2.45, 2.75) is 202 Å². The zero-order chi connectivity index (χ0) is 54.3. The fraction of sp³-hybridized carbons (Fsp3) is 0.830. The molecule has 20 heteroatoms. The number of ether oxygens (including phenoxy) is 6. The highest BCUT2D eigenvalue weighted by atomic mass is 32.2. The molecule has 3 fully saturated rings. The van der Waals surface area contributed by atoms with Gasteiger partial charge in [0, 0.05) is 75.0 Å². The van der Waals surface area contributed by atoms with Crippen molar-refractivity contribution in [2.75, 3.05) is 60.5 Å². The Morgan fingerprint density at radius 1 is 0.986 bits per heavy atom. The lowest BCUT2D eigenvalue weighted by molar-refractivity contribution is -0.302. The molecule has 3 saturated heterocycles. The Kier molecular flexibility index (Phi) is 22.1. The van der Waals surface area contributed by atoms with Gasteiger partial charge in [0.2, 0.25) is 0 Å². The van der Waals surface area contributed by atoms with Crippen LogP contribution in [0.2, 0.25) is 0 Å². The molecule has 17 nitrogen and oxygen atoms in total. The molecular weight excluding hydrogens is 969 g/mol. The van der Waals surface area contributed by atoms with Crippen molar-refractivity contribution in [3.05, 3.63) is 41.7 Å². The highest BCUT2D eigenvalue weighted by Gasteiger charge is 2.55. The molecular formula is C53H89F2N5O12S. The fourth-order valence-corrected chi connectivity index (χ4v) is 12.6. The van der Waals surface area contributed by atoms with Crippen molar-refractivity contribution >= 4 is 17.7 Å². The molecule has 0 radical (unpaired) electrons. The van der Waals surface area contributed by atoms with Crippen molar-refractivity contribution in [2.24, 2.45) is 23.7 Å². The number of carbonyl (C=O) groups excluding carboxylic acids is 1. The maximum absolute atomic E-state index is 14.8. The molecule has 3 aliphatic rings. The number of methoxy groups -OCH3 is 2. The first-order valence-electron chi connectivity index (χ1n) is 26.2. The van der Waals surface area contributed by atoms with Crippen LogP contribution >= 0.6 is 11.8 Å². The van der Waals surface area contributed by atoms with Gasteiger partial charge in [-0.1, -0.05) is 45.0 Å². The monoisotopic (exact) mass is 1060 g/mol. The molecule has 5 rings (SSSR count). The quantitative estimate of drug-likeness (QED) is 0.100. The molecule has 1 aromatic heterocycles. The van der Waals surface area contributed by atoms with Crippen LogP contribution in [-0.4, -0.2) is 201 Å². The number of nitrogens with zero attached hydrogens (tertiary/aromatic N) is 5. The van der Waals surface area contributed by atoms with E-state index in [1.807, 2.05) is 68.9 Å². The minimum absolute atomic E-state index is 0.168. The molecule has 2 aromatic rings. The molecule has 0 bridgehead atoms. The van der Waals surface area contributed by atoms with Crippen LogP contribution in [0, 0.1) is 23.7 Å². The summed E-state index contributed by atoms with van der Waals surface area (Å²) in [5, 5.41) is 68.8. The summed E-state index contributed by atoms with van der Waals surface area (Å²) in [6, 6.07) is 5.55. The average Bonchev–Trinajstić information content (AvgIpc) is 3.82. The van der Waals surface area contributed by atoms with Gasteiger partial charge in [-0.25, -0.2) is 9.07 Å². The number of hydrogen-bond acceptors (Lipinski definition) is 17. The number of aliphatic hydroxyl groups excluding tert-OH is 3. The van der Waals surface area contributed by atoms with Gasteiger partial charge in [-0.05, 0) is 104 Å². The van der Waals surface area contributed by atoms with E-state index in [2.05, 4.69) is 10.3 Å². The lowest BCUT2D eigenvalue weighted by Crippen LogP contribution is -2.62. The number of aliphatic hydroxyl groups is 5. The molecule has 73 heavy (non-hydrogen) atoms. The van der Waals surface area contributed by atoms with Gasteiger partial charge in [-0.15, -0.1) is 16.9 Å². The summed E-state index contributed by atoms with van der Waals surface area (Å²) in [6.07, 6.45) is -6.35. The number of halogens is 2. The number of rotatable bonds is 17. The summed E-state index contributed by atoms with van der Waals surface area (Å²) in [5.74, 6) is -2.93. The Labute approximate surface area is 436 Å². The molecule has 418 valence electrons. The predicted molar refractivity (Wildman–Crippen MR) is 273 cm³/mol. The number of aromatic nitrogens is 3. The van der Waals surface area contributed by atoms with E-state index in [1.54, 1.807) is 47.7 Å². The van der Waals surface area contributed by atoms with Gasteiger partial charge >= 0.3 is 5.97 Å². The van der Waals surface area contributed by atoms with Gasteiger partial charge in [0.25, 0.3) is 0 Å². The van der Waals surface area contributed by atoms with Gasteiger partial charge in [-0.3, -0.25) is 9.18 Å². The zero-order valence-corrected chi connectivity index (χ0v) is 46.6. The summed E-state index contributed by atoms with van der Waals surface area (Å²) in [5.41, 5.74) is -3.18.